The molecular weight excluding hydrogens is 310 g/mol. The zero-order chi connectivity index (χ0) is 17.3. The van der Waals surface area contributed by atoms with Crippen LogP contribution in [0.3, 0.4) is 0 Å². The number of aromatic nitrogens is 2. The molecule has 0 atom stereocenters. The van der Waals surface area contributed by atoms with E-state index in [4.69, 9.17) is 0 Å². The van der Waals surface area contributed by atoms with Gasteiger partial charge in [0.05, 0.1) is 0 Å². The summed E-state index contributed by atoms with van der Waals surface area (Å²) < 4.78 is 0. The molecule has 1 amide bonds. The second-order valence-electron chi connectivity index (χ2n) is 5.80. The molecule has 0 saturated carbocycles. The van der Waals surface area contributed by atoms with E-state index in [1.165, 1.54) is 0 Å². The third kappa shape index (κ3) is 4.98. The molecule has 3 aromatic rings. The Labute approximate surface area is 148 Å². The predicted molar refractivity (Wildman–Crippen MR) is 98.2 cm³/mol. The minimum Gasteiger partial charge on any atom is -0.338 e. The molecule has 0 spiro atoms. The SMILES string of the molecule is O=C(c1ccccc1)N(CCc1ccccn1)CCc1ccccn1. The number of benzene rings is 1. The Morgan fingerprint density at radius 1 is 0.720 bits per heavy atom. The maximum Gasteiger partial charge on any atom is 0.253 e. The molecule has 0 bridgehead atoms. The summed E-state index contributed by atoms with van der Waals surface area (Å²) in [5.41, 5.74) is 2.70. The van der Waals surface area contributed by atoms with Crippen LogP contribution in [0.2, 0.25) is 0 Å². The summed E-state index contributed by atoms with van der Waals surface area (Å²) in [5.74, 6) is 0.0486. The van der Waals surface area contributed by atoms with Crippen LogP contribution in [-0.2, 0) is 12.8 Å². The number of amides is 1. The van der Waals surface area contributed by atoms with Crippen molar-refractivity contribution in [2.24, 2.45) is 0 Å². The lowest BCUT2D eigenvalue weighted by Gasteiger charge is -2.22. The van der Waals surface area contributed by atoms with E-state index in [2.05, 4.69) is 9.97 Å². The molecule has 3 rings (SSSR count). The molecule has 0 fully saturated rings. The van der Waals surface area contributed by atoms with Crippen molar-refractivity contribution in [1.29, 1.82) is 0 Å². The van der Waals surface area contributed by atoms with Crippen molar-refractivity contribution in [3.63, 3.8) is 0 Å². The number of hydrogen-bond acceptors (Lipinski definition) is 3. The van der Waals surface area contributed by atoms with E-state index in [9.17, 15) is 4.79 Å². The van der Waals surface area contributed by atoms with E-state index < -0.39 is 0 Å². The van der Waals surface area contributed by atoms with Gasteiger partial charge in [0.15, 0.2) is 0 Å². The van der Waals surface area contributed by atoms with Gasteiger partial charge in [0, 0.05) is 55.3 Å². The molecule has 0 N–H and O–H groups in total. The number of carbonyl (C=O) groups excluding carboxylic acids is 1. The fourth-order valence-corrected chi connectivity index (χ4v) is 2.67. The van der Waals surface area contributed by atoms with Gasteiger partial charge in [0.25, 0.3) is 5.91 Å². The van der Waals surface area contributed by atoms with E-state index >= 15 is 0 Å². The zero-order valence-electron chi connectivity index (χ0n) is 14.1. The van der Waals surface area contributed by atoms with Crippen molar-refractivity contribution in [2.45, 2.75) is 12.8 Å². The molecule has 2 aromatic heterocycles. The Kier molecular flexibility index (Phi) is 5.88. The van der Waals surface area contributed by atoms with Gasteiger partial charge in [-0.3, -0.25) is 14.8 Å². The largest absolute Gasteiger partial charge is 0.338 e. The Hall–Kier alpha value is -3.01. The topological polar surface area (TPSA) is 46.1 Å². The zero-order valence-corrected chi connectivity index (χ0v) is 14.1. The van der Waals surface area contributed by atoms with Crippen LogP contribution in [0.25, 0.3) is 0 Å². The van der Waals surface area contributed by atoms with E-state index in [-0.39, 0.29) is 5.91 Å². The maximum atomic E-state index is 12.9. The molecule has 0 saturated heterocycles. The summed E-state index contributed by atoms with van der Waals surface area (Å²) in [6, 6.07) is 21.1. The highest BCUT2D eigenvalue weighted by atomic mass is 16.2. The normalized spacial score (nSPS) is 10.4. The number of rotatable bonds is 7. The predicted octanol–water partition coefficient (Wildman–Crippen LogP) is 3.40. The number of pyridine rings is 2. The first-order valence-electron chi connectivity index (χ1n) is 8.47. The molecule has 25 heavy (non-hydrogen) atoms. The Morgan fingerprint density at radius 3 is 1.72 bits per heavy atom. The number of hydrogen-bond donors (Lipinski definition) is 0. The van der Waals surface area contributed by atoms with E-state index in [0.717, 1.165) is 24.2 Å². The summed E-state index contributed by atoms with van der Waals surface area (Å²) in [4.78, 5) is 23.5. The molecule has 0 unspecified atom stereocenters. The smallest absolute Gasteiger partial charge is 0.253 e. The number of nitrogens with zero attached hydrogens (tertiary/aromatic N) is 3. The van der Waals surface area contributed by atoms with Crippen LogP contribution >= 0.6 is 0 Å². The first-order chi connectivity index (χ1) is 12.3. The molecule has 126 valence electrons. The quantitative estimate of drug-likeness (QED) is 0.666. The van der Waals surface area contributed by atoms with Gasteiger partial charge in [0.1, 0.15) is 0 Å². The van der Waals surface area contributed by atoms with E-state index in [1.54, 1.807) is 12.4 Å². The highest BCUT2D eigenvalue weighted by molar-refractivity contribution is 5.94. The van der Waals surface area contributed by atoms with Gasteiger partial charge in [-0.25, -0.2) is 0 Å². The molecule has 0 radical (unpaired) electrons. The van der Waals surface area contributed by atoms with Crippen LogP contribution in [0, 0.1) is 0 Å². The minimum atomic E-state index is 0.0486. The fourth-order valence-electron chi connectivity index (χ4n) is 2.67. The highest BCUT2D eigenvalue weighted by Crippen LogP contribution is 2.08. The Bertz CT molecular complexity index is 733. The van der Waals surface area contributed by atoms with Gasteiger partial charge in [-0.1, -0.05) is 30.3 Å². The molecule has 4 nitrogen and oxygen atoms in total. The van der Waals surface area contributed by atoms with E-state index in [0.29, 0.717) is 18.7 Å². The number of carbonyl (C=O) groups is 1. The third-order valence-corrected chi connectivity index (χ3v) is 4.04. The molecule has 0 aliphatic heterocycles. The van der Waals surface area contributed by atoms with Crippen LogP contribution in [0.1, 0.15) is 21.7 Å². The molecule has 2 heterocycles. The fraction of sp³-hybridized carbons (Fsp3) is 0.190. The first-order valence-corrected chi connectivity index (χ1v) is 8.47. The van der Waals surface area contributed by atoms with Crippen LogP contribution in [0.4, 0.5) is 0 Å². The maximum absolute atomic E-state index is 12.9. The lowest BCUT2D eigenvalue weighted by Crippen LogP contribution is -2.35. The molecule has 1 aromatic carbocycles. The van der Waals surface area contributed by atoms with Crippen LogP contribution in [0.5, 0.6) is 0 Å². The van der Waals surface area contributed by atoms with Crippen molar-refractivity contribution in [3.05, 3.63) is 96.1 Å². The Morgan fingerprint density at radius 2 is 1.24 bits per heavy atom. The Balaban J connectivity index is 1.69. The van der Waals surface area contributed by atoms with Crippen LogP contribution in [-0.4, -0.2) is 33.9 Å². The van der Waals surface area contributed by atoms with Crippen molar-refractivity contribution in [1.82, 2.24) is 14.9 Å². The lowest BCUT2D eigenvalue weighted by atomic mass is 10.1. The van der Waals surface area contributed by atoms with Crippen LogP contribution in [0.15, 0.2) is 79.1 Å². The van der Waals surface area contributed by atoms with Gasteiger partial charge in [-0.15, -0.1) is 0 Å². The molecule has 0 aliphatic carbocycles. The van der Waals surface area contributed by atoms with Gasteiger partial charge in [-0.05, 0) is 36.4 Å². The standard InChI is InChI=1S/C21H21N3O/c25-21(18-8-2-1-3-9-18)24(16-12-19-10-4-6-14-22-19)17-13-20-11-5-7-15-23-20/h1-11,14-15H,12-13,16-17H2. The summed E-state index contributed by atoms with van der Waals surface area (Å²) in [6.07, 6.45) is 5.04. The van der Waals surface area contributed by atoms with Crippen LogP contribution < -0.4 is 0 Å². The summed E-state index contributed by atoms with van der Waals surface area (Å²) in [6.45, 7) is 1.27. The van der Waals surface area contributed by atoms with Gasteiger partial charge in [0.2, 0.25) is 0 Å². The average molecular weight is 331 g/mol. The molecule has 0 aliphatic rings. The second kappa shape index (κ2) is 8.73. The summed E-state index contributed by atoms with van der Waals surface area (Å²) in [5, 5.41) is 0. The average Bonchev–Trinajstić information content (AvgIpc) is 2.70. The lowest BCUT2D eigenvalue weighted by molar-refractivity contribution is 0.0758. The van der Waals surface area contributed by atoms with Gasteiger partial charge < -0.3 is 4.90 Å². The first kappa shape index (κ1) is 16.8. The second-order valence-corrected chi connectivity index (χ2v) is 5.80. The van der Waals surface area contributed by atoms with Gasteiger partial charge in [-0.2, -0.15) is 0 Å². The van der Waals surface area contributed by atoms with Gasteiger partial charge >= 0.3 is 0 Å². The van der Waals surface area contributed by atoms with Crippen molar-refractivity contribution < 1.29 is 4.79 Å². The monoisotopic (exact) mass is 331 g/mol. The summed E-state index contributed by atoms with van der Waals surface area (Å²) >= 11 is 0. The van der Waals surface area contributed by atoms with Crippen molar-refractivity contribution in [3.8, 4) is 0 Å². The highest BCUT2D eigenvalue weighted by Gasteiger charge is 2.15. The van der Waals surface area contributed by atoms with Crippen molar-refractivity contribution in [2.75, 3.05) is 13.1 Å². The minimum absolute atomic E-state index is 0.0486. The van der Waals surface area contributed by atoms with E-state index in [1.807, 2.05) is 71.6 Å². The van der Waals surface area contributed by atoms with Crippen molar-refractivity contribution >= 4 is 5.91 Å². The molecule has 4 heteroatoms. The molecular formula is C21H21N3O. The summed E-state index contributed by atoms with van der Waals surface area (Å²) in [7, 11) is 0. The third-order valence-electron chi connectivity index (χ3n) is 4.04.